The number of nitrogens with two attached hydrogens (primary N) is 1. The molecule has 0 amide bonds. The Labute approximate surface area is 120 Å². The van der Waals surface area contributed by atoms with E-state index >= 15 is 0 Å². The highest BCUT2D eigenvalue weighted by molar-refractivity contribution is 7.20. The lowest BCUT2D eigenvalue weighted by atomic mass is 10.2. The molecule has 0 aromatic carbocycles. The summed E-state index contributed by atoms with van der Waals surface area (Å²) in [5.74, 6) is 0.735. The van der Waals surface area contributed by atoms with Crippen molar-refractivity contribution in [1.29, 1.82) is 0 Å². The lowest BCUT2D eigenvalue weighted by Gasteiger charge is -2.09. The molecule has 1 unspecified atom stereocenters. The van der Waals surface area contributed by atoms with Crippen molar-refractivity contribution in [2.75, 3.05) is 5.73 Å². The fourth-order valence-electron chi connectivity index (χ4n) is 2.12. The lowest BCUT2D eigenvalue weighted by molar-refractivity contribution is 0.441. The first-order valence-corrected chi connectivity index (χ1v) is 7.43. The molecule has 1 aliphatic carbocycles. The van der Waals surface area contributed by atoms with Gasteiger partial charge in [-0.15, -0.1) is 11.3 Å². The zero-order valence-electron chi connectivity index (χ0n) is 9.86. The van der Waals surface area contributed by atoms with Crippen molar-refractivity contribution in [1.82, 2.24) is 9.78 Å². The van der Waals surface area contributed by atoms with E-state index in [1.165, 1.54) is 24.2 Å². The maximum atomic E-state index is 6.14. The number of thiophene rings is 1. The highest BCUT2D eigenvalue weighted by Gasteiger charge is 2.30. The van der Waals surface area contributed by atoms with Crippen molar-refractivity contribution in [2.45, 2.75) is 25.8 Å². The van der Waals surface area contributed by atoms with E-state index < -0.39 is 0 Å². The van der Waals surface area contributed by atoms with Crippen molar-refractivity contribution in [3.05, 3.63) is 20.9 Å². The van der Waals surface area contributed by atoms with Crippen LogP contribution in [0.2, 0.25) is 8.67 Å². The molecule has 0 radical (unpaired) electrons. The number of anilines is 1. The first-order valence-electron chi connectivity index (χ1n) is 5.86. The zero-order chi connectivity index (χ0) is 12.9. The Kier molecular flexibility index (Phi) is 3.04. The van der Waals surface area contributed by atoms with Crippen LogP contribution in [0.5, 0.6) is 0 Å². The third kappa shape index (κ3) is 2.13. The van der Waals surface area contributed by atoms with Crippen molar-refractivity contribution in [3.8, 4) is 11.3 Å². The van der Waals surface area contributed by atoms with E-state index in [1.54, 1.807) is 0 Å². The molecule has 1 aliphatic rings. The summed E-state index contributed by atoms with van der Waals surface area (Å²) in [6.07, 6.45) is 4.45. The Balaban J connectivity index is 1.99. The predicted octanol–water partition coefficient (Wildman–Crippen LogP) is 4.47. The van der Waals surface area contributed by atoms with Crippen LogP contribution in [0.3, 0.4) is 0 Å². The third-order valence-corrected chi connectivity index (χ3v) is 4.88. The van der Waals surface area contributed by atoms with Crippen LogP contribution in [0, 0.1) is 5.92 Å². The molecule has 0 spiro atoms. The number of hydrogen-bond donors (Lipinski definition) is 1. The monoisotopic (exact) mass is 301 g/mol. The molecule has 18 heavy (non-hydrogen) atoms. The van der Waals surface area contributed by atoms with Gasteiger partial charge in [0.1, 0.15) is 10.0 Å². The van der Waals surface area contributed by atoms with Gasteiger partial charge in [-0.3, -0.25) is 4.68 Å². The van der Waals surface area contributed by atoms with Crippen molar-refractivity contribution >= 4 is 40.2 Å². The van der Waals surface area contributed by atoms with Crippen LogP contribution in [0.1, 0.15) is 25.8 Å². The Morgan fingerprint density at radius 2 is 2.22 bits per heavy atom. The molecule has 3 nitrogen and oxygen atoms in total. The molecule has 1 saturated carbocycles. The molecule has 0 saturated heterocycles. The molecule has 6 heteroatoms. The molecule has 2 N–H and O–H groups in total. The SMILES string of the molecule is CC(C1CC1)n1cc(N)c(-c2cc(Cl)sc2Cl)n1. The average Bonchev–Trinajstić information content (AvgIpc) is 3.01. The second-order valence-corrected chi connectivity index (χ2v) is 7.01. The van der Waals surface area contributed by atoms with Gasteiger partial charge in [-0.1, -0.05) is 23.2 Å². The smallest absolute Gasteiger partial charge is 0.118 e. The Morgan fingerprint density at radius 3 is 2.78 bits per heavy atom. The minimum Gasteiger partial charge on any atom is -0.396 e. The van der Waals surface area contributed by atoms with Crippen LogP contribution in [0.4, 0.5) is 5.69 Å². The predicted molar refractivity (Wildman–Crippen MR) is 77.4 cm³/mol. The molecular weight excluding hydrogens is 289 g/mol. The van der Waals surface area contributed by atoms with E-state index in [2.05, 4.69) is 12.0 Å². The number of halogens is 2. The summed E-state index contributed by atoms with van der Waals surface area (Å²) in [4.78, 5) is 0. The first kappa shape index (κ1) is 12.3. The van der Waals surface area contributed by atoms with Crippen molar-refractivity contribution in [3.63, 3.8) is 0 Å². The molecule has 3 rings (SSSR count). The Bertz CT molecular complexity index is 586. The van der Waals surface area contributed by atoms with E-state index in [1.807, 2.05) is 16.9 Å². The second kappa shape index (κ2) is 4.44. The minimum atomic E-state index is 0.397. The molecule has 0 aliphatic heterocycles. The summed E-state index contributed by atoms with van der Waals surface area (Å²) in [6.45, 7) is 2.18. The number of aromatic nitrogens is 2. The van der Waals surface area contributed by atoms with Crippen LogP contribution in [0.15, 0.2) is 12.3 Å². The third-order valence-electron chi connectivity index (χ3n) is 3.39. The maximum Gasteiger partial charge on any atom is 0.118 e. The quantitative estimate of drug-likeness (QED) is 0.909. The van der Waals surface area contributed by atoms with Gasteiger partial charge in [-0.25, -0.2) is 0 Å². The highest BCUT2D eigenvalue weighted by Crippen LogP contribution is 2.42. The molecule has 96 valence electrons. The molecule has 2 aromatic rings. The van der Waals surface area contributed by atoms with Gasteiger partial charge < -0.3 is 5.73 Å². The van der Waals surface area contributed by atoms with Gasteiger partial charge in [0.2, 0.25) is 0 Å². The molecule has 2 aromatic heterocycles. The van der Waals surface area contributed by atoms with Gasteiger partial charge in [-0.2, -0.15) is 5.10 Å². The van der Waals surface area contributed by atoms with E-state index in [9.17, 15) is 0 Å². The Hall–Kier alpha value is -0.710. The summed E-state index contributed by atoms with van der Waals surface area (Å²) in [5, 5.41) is 4.57. The van der Waals surface area contributed by atoms with Crippen LogP contribution in [0.25, 0.3) is 11.3 Å². The second-order valence-electron chi connectivity index (χ2n) is 4.73. The number of nitrogen functional groups attached to an aromatic ring is 1. The fraction of sp³-hybridized carbons (Fsp3) is 0.417. The number of rotatable bonds is 3. The highest BCUT2D eigenvalue weighted by atomic mass is 35.5. The van der Waals surface area contributed by atoms with E-state index in [0.717, 1.165) is 17.2 Å². The molecular formula is C12H13Cl2N3S. The summed E-state index contributed by atoms with van der Waals surface area (Å²) in [7, 11) is 0. The minimum absolute atomic E-state index is 0.397. The van der Waals surface area contributed by atoms with Gasteiger partial charge in [0.15, 0.2) is 0 Å². The average molecular weight is 302 g/mol. The summed E-state index contributed by atoms with van der Waals surface area (Å²) < 4.78 is 3.24. The number of nitrogens with zero attached hydrogens (tertiary/aromatic N) is 2. The molecule has 1 atom stereocenters. The molecule has 0 bridgehead atoms. The van der Waals surface area contributed by atoms with Gasteiger partial charge in [0.05, 0.1) is 16.1 Å². The summed E-state index contributed by atoms with van der Waals surface area (Å²) in [5.41, 5.74) is 8.24. The van der Waals surface area contributed by atoms with Crippen molar-refractivity contribution < 1.29 is 0 Å². The van der Waals surface area contributed by atoms with Gasteiger partial charge in [-0.05, 0) is 31.7 Å². The lowest BCUT2D eigenvalue weighted by Crippen LogP contribution is -2.07. The first-order chi connectivity index (χ1) is 8.56. The fourth-order valence-corrected chi connectivity index (χ4v) is 3.59. The largest absolute Gasteiger partial charge is 0.396 e. The topological polar surface area (TPSA) is 43.8 Å². The maximum absolute atomic E-state index is 6.14. The van der Waals surface area contributed by atoms with Gasteiger partial charge in [0.25, 0.3) is 0 Å². The van der Waals surface area contributed by atoms with Crippen LogP contribution >= 0.6 is 34.5 Å². The Morgan fingerprint density at radius 1 is 1.50 bits per heavy atom. The normalized spacial score (nSPS) is 17.1. The molecule has 2 heterocycles. The summed E-state index contributed by atoms with van der Waals surface area (Å²) >= 11 is 13.4. The van der Waals surface area contributed by atoms with Crippen LogP contribution < -0.4 is 5.73 Å². The molecule has 1 fully saturated rings. The van der Waals surface area contributed by atoms with Crippen molar-refractivity contribution in [2.24, 2.45) is 5.92 Å². The van der Waals surface area contributed by atoms with Gasteiger partial charge in [0, 0.05) is 11.8 Å². The summed E-state index contributed by atoms with van der Waals surface area (Å²) in [6, 6.07) is 2.22. The standard InChI is InChI=1S/C12H13Cl2N3S/c1-6(7-2-3-7)17-5-9(15)11(16-17)8-4-10(13)18-12(8)14/h4-7H,2-3,15H2,1H3. The van der Waals surface area contributed by atoms with Crippen LogP contribution in [-0.4, -0.2) is 9.78 Å². The van der Waals surface area contributed by atoms with Crippen LogP contribution in [-0.2, 0) is 0 Å². The number of hydrogen-bond acceptors (Lipinski definition) is 3. The zero-order valence-corrected chi connectivity index (χ0v) is 12.2. The van der Waals surface area contributed by atoms with E-state index in [4.69, 9.17) is 28.9 Å². The van der Waals surface area contributed by atoms with E-state index in [0.29, 0.717) is 20.4 Å². The van der Waals surface area contributed by atoms with E-state index in [-0.39, 0.29) is 0 Å². The van der Waals surface area contributed by atoms with Gasteiger partial charge >= 0.3 is 0 Å².